The van der Waals surface area contributed by atoms with Gasteiger partial charge in [-0.2, -0.15) is 0 Å². The van der Waals surface area contributed by atoms with Gasteiger partial charge in [0.05, 0.1) is 0 Å². The summed E-state index contributed by atoms with van der Waals surface area (Å²) in [7, 11) is 0. The predicted octanol–water partition coefficient (Wildman–Crippen LogP) is 3.56. The summed E-state index contributed by atoms with van der Waals surface area (Å²) in [6, 6.07) is 0. The van der Waals surface area contributed by atoms with Crippen LogP contribution in [0.25, 0.3) is 0 Å². The van der Waals surface area contributed by atoms with Crippen LogP contribution < -0.4 is 0 Å². The first-order valence-corrected chi connectivity index (χ1v) is 7.38. The molecule has 0 bridgehead atoms. The molecule has 0 aliphatic carbocycles. The van der Waals surface area contributed by atoms with Gasteiger partial charge in [-0.25, -0.2) is 0 Å². The van der Waals surface area contributed by atoms with Crippen molar-refractivity contribution < 1.29 is 15.3 Å². The fourth-order valence-corrected chi connectivity index (χ4v) is 2.08. The molecule has 0 aromatic carbocycles. The molecule has 0 saturated heterocycles. The maximum atomic E-state index is 8.69. The molecule has 0 aliphatic heterocycles. The molecule has 110 valence electrons. The SMILES string of the molecule is CC(C)(C)CCCCCCCCCCC(O)(O)O. The predicted molar refractivity (Wildman–Crippen MR) is 75.0 cm³/mol. The zero-order valence-corrected chi connectivity index (χ0v) is 12.4. The lowest BCUT2D eigenvalue weighted by atomic mass is 9.89. The molecular weight excluding hydrogens is 228 g/mol. The maximum Gasteiger partial charge on any atom is 0.275 e. The molecule has 0 radical (unpaired) electrons. The van der Waals surface area contributed by atoms with Gasteiger partial charge in [-0.3, -0.25) is 0 Å². The van der Waals surface area contributed by atoms with Crippen molar-refractivity contribution in [1.82, 2.24) is 0 Å². The third-order valence-electron chi connectivity index (χ3n) is 3.19. The number of hydrogen-bond acceptors (Lipinski definition) is 3. The van der Waals surface area contributed by atoms with E-state index in [4.69, 9.17) is 15.3 Å². The van der Waals surface area contributed by atoms with E-state index in [1.807, 2.05) is 0 Å². The van der Waals surface area contributed by atoms with Gasteiger partial charge < -0.3 is 15.3 Å². The average Bonchev–Trinajstić information content (AvgIpc) is 2.17. The highest BCUT2D eigenvalue weighted by Gasteiger charge is 2.16. The molecule has 0 unspecified atom stereocenters. The summed E-state index contributed by atoms with van der Waals surface area (Å²) in [5.41, 5.74) is 0.464. The molecule has 3 nitrogen and oxygen atoms in total. The standard InChI is InChI=1S/C15H32O3/c1-14(2,3)12-10-8-6-4-5-7-9-11-13-15(16,17)18/h16-18H,4-13H2,1-3H3. The van der Waals surface area contributed by atoms with Crippen LogP contribution in [-0.4, -0.2) is 21.3 Å². The number of aliphatic hydroxyl groups is 3. The van der Waals surface area contributed by atoms with Gasteiger partial charge in [-0.1, -0.05) is 65.7 Å². The molecule has 0 fully saturated rings. The van der Waals surface area contributed by atoms with E-state index in [0.29, 0.717) is 11.8 Å². The molecule has 0 aromatic heterocycles. The van der Waals surface area contributed by atoms with Gasteiger partial charge in [-0.15, -0.1) is 0 Å². The third-order valence-corrected chi connectivity index (χ3v) is 3.19. The van der Waals surface area contributed by atoms with Crippen LogP contribution in [0.4, 0.5) is 0 Å². The summed E-state index contributed by atoms with van der Waals surface area (Å²) >= 11 is 0. The second-order valence-electron chi connectivity index (χ2n) is 6.66. The van der Waals surface area contributed by atoms with Crippen LogP contribution >= 0.6 is 0 Å². The van der Waals surface area contributed by atoms with Gasteiger partial charge >= 0.3 is 0 Å². The number of hydrogen-bond donors (Lipinski definition) is 3. The summed E-state index contributed by atoms with van der Waals surface area (Å²) in [6.07, 6.45) is 10.6. The second-order valence-corrected chi connectivity index (χ2v) is 6.66. The van der Waals surface area contributed by atoms with Gasteiger partial charge in [-0.05, 0) is 18.3 Å². The van der Waals surface area contributed by atoms with Crippen LogP contribution in [0, 0.1) is 5.41 Å². The van der Waals surface area contributed by atoms with Gasteiger partial charge in [0.1, 0.15) is 0 Å². The molecule has 18 heavy (non-hydrogen) atoms. The van der Waals surface area contributed by atoms with Crippen molar-refractivity contribution in [2.45, 2.75) is 91.0 Å². The Bertz CT molecular complexity index is 167. The molecular formula is C15H32O3. The lowest BCUT2D eigenvalue weighted by molar-refractivity contribution is -0.315. The molecule has 3 heteroatoms. The number of unbranched alkanes of at least 4 members (excludes halogenated alkanes) is 7. The second kappa shape index (κ2) is 8.89. The Kier molecular flexibility index (Phi) is 8.83. The van der Waals surface area contributed by atoms with E-state index in [9.17, 15) is 0 Å². The Morgan fingerprint density at radius 3 is 1.22 bits per heavy atom. The minimum Gasteiger partial charge on any atom is -0.344 e. The molecule has 0 amide bonds. The van der Waals surface area contributed by atoms with Gasteiger partial charge in [0.15, 0.2) is 0 Å². The van der Waals surface area contributed by atoms with E-state index in [1.165, 1.54) is 38.5 Å². The van der Waals surface area contributed by atoms with Crippen LogP contribution in [-0.2, 0) is 0 Å². The van der Waals surface area contributed by atoms with E-state index >= 15 is 0 Å². The summed E-state index contributed by atoms with van der Waals surface area (Å²) in [5, 5.41) is 26.1. The van der Waals surface area contributed by atoms with E-state index < -0.39 is 5.97 Å². The summed E-state index contributed by atoms with van der Waals surface area (Å²) < 4.78 is 0. The normalized spacial score (nSPS) is 13.0. The Morgan fingerprint density at radius 2 is 0.889 bits per heavy atom. The van der Waals surface area contributed by atoms with Crippen molar-refractivity contribution in [2.75, 3.05) is 0 Å². The Labute approximate surface area is 112 Å². The Balaban J connectivity index is 3.13. The van der Waals surface area contributed by atoms with Crippen LogP contribution in [0.1, 0.15) is 85.0 Å². The fraction of sp³-hybridized carbons (Fsp3) is 1.00. The minimum atomic E-state index is -2.47. The Hall–Kier alpha value is -0.120. The van der Waals surface area contributed by atoms with Crippen molar-refractivity contribution in [1.29, 1.82) is 0 Å². The smallest absolute Gasteiger partial charge is 0.275 e. The lowest BCUT2D eigenvalue weighted by Gasteiger charge is -2.17. The maximum absolute atomic E-state index is 8.69. The summed E-state index contributed by atoms with van der Waals surface area (Å²) in [4.78, 5) is 0. The highest BCUT2D eigenvalue weighted by atomic mass is 16.7. The van der Waals surface area contributed by atoms with E-state index in [1.54, 1.807) is 0 Å². The van der Waals surface area contributed by atoms with E-state index in [-0.39, 0.29) is 6.42 Å². The van der Waals surface area contributed by atoms with Crippen molar-refractivity contribution >= 4 is 0 Å². The largest absolute Gasteiger partial charge is 0.344 e. The van der Waals surface area contributed by atoms with Crippen LogP contribution in [0.15, 0.2) is 0 Å². The molecule has 0 aromatic rings. The Morgan fingerprint density at radius 1 is 0.556 bits per heavy atom. The average molecular weight is 260 g/mol. The lowest BCUT2D eigenvalue weighted by Crippen LogP contribution is -2.26. The summed E-state index contributed by atoms with van der Waals surface area (Å²) in [5.74, 6) is -2.47. The highest BCUT2D eigenvalue weighted by molar-refractivity contribution is 4.61. The molecule has 0 spiro atoms. The van der Waals surface area contributed by atoms with Crippen LogP contribution in [0.3, 0.4) is 0 Å². The fourth-order valence-electron chi connectivity index (χ4n) is 2.08. The zero-order chi connectivity index (χ0) is 14.1. The first kappa shape index (κ1) is 17.9. The van der Waals surface area contributed by atoms with E-state index in [0.717, 1.165) is 12.8 Å². The van der Waals surface area contributed by atoms with Gasteiger partial charge in [0.25, 0.3) is 5.97 Å². The monoisotopic (exact) mass is 260 g/mol. The number of rotatable bonds is 10. The quantitative estimate of drug-likeness (QED) is 0.416. The van der Waals surface area contributed by atoms with Crippen molar-refractivity contribution in [2.24, 2.45) is 5.41 Å². The van der Waals surface area contributed by atoms with Crippen molar-refractivity contribution in [3.8, 4) is 0 Å². The van der Waals surface area contributed by atoms with Crippen LogP contribution in [0.5, 0.6) is 0 Å². The van der Waals surface area contributed by atoms with E-state index in [2.05, 4.69) is 20.8 Å². The molecule has 3 N–H and O–H groups in total. The summed E-state index contributed by atoms with van der Waals surface area (Å²) in [6.45, 7) is 6.86. The van der Waals surface area contributed by atoms with Gasteiger partial charge in [0, 0.05) is 6.42 Å². The van der Waals surface area contributed by atoms with Crippen LogP contribution in [0.2, 0.25) is 0 Å². The van der Waals surface area contributed by atoms with Gasteiger partial charge in [0.2, 0.25) is 0 Å². The first-order valence-electron chi connectivity index (χ1n) is 7.38. The van der Waals surface area contributed by atoms with Crippen molar-refractivity contribution in [3.63, 3.8) is 0 Å². The third kappa shape index (κ3) is 15.9. The van der Waals surface area contributed by atoms with Crippen molar-refractivity contribution in [3.05, 3.63) is 0 Å². The zero-order valence-electron chi connectivity index (χ0n) is 12.4. The molecule has 0 aliphatic rings. The topological polar surface area (TPSA) is 60.7 Å². The molecule has 0 atom stereocenters. The molecule has 0 saturated carbocycles. The molecule has 0 rings (SSSR count). The highest BCUT2D eigenvalue weighted by Crippen LogP contribution is 2.22. The first-order chi connectivity index (χ1) is 8.21. The minimum absolute atomic E-state index is 0.0541. The molecule has 0 heterocycles.